The number of unbranched alkanes of at least 4 members (excludes halogenated alkanes) is 2. The van der Waals surface area contributed by atoms with E-state index in [1.54, 1.807) is 0 Å². The van der Waals surface area contributed by atoms with Crippen LogP contribution in [0.4, 0.5) is 0 Å². The molecule has 3 N–H and O–H groups in total. The highest BCUT2D eigenvalue weighted by atomic mass is 32.3. The molecule has 0 spiro atoms. The normalized spacial score (nSPS) is 30.4. The van der Waals surface area contributed by atoms with Crippen LogP contribution in [0.3, 0.4) is 0 Å². The van der Waals surface area contributed by atoms with Crippen LogP contribution < -0.4 is 4.72 Å². The van der Waals surface area contributed by atoms with Gasteiger partial charge in [-0.3, -0.25) is 9.11 Å². The molecular formula is C8H19NO2S. The van der Waals surface area contributed by atoms with Crippen molar-refractivity contribution in [1.29, 1.82) is 0 Å². The Morgan fingerprint density at radius 1 is 1.42 bits per heavy atom. The summed E-state index contributed by atoms with van der Waals surface area (Å²) in [5.41, 5.74) is 0. The number of rotatable bonds is 4. The summed E-state index contributed by atoms with van der Waals surface area (Å²) >= 11 is 0. The first-order chi connectivity index (χ1) is 5.64. The maximum absolute atomic E-state index is 9.25. The predicted molar refractivity (Wildman–Crippen MR) is 53.4 cm³/mol. The molecule has 74 valence electrons. The van der Waals surface area contributed by atoms with Gasteiger partial charge < -0.3 is 0 Å². The van der Waals surface area contributed by atoms with Crippen molar-refractivity contribution in [3.8, 4) is 0 Å². The first-order valence-corrected chi connectivity index (χ1v) is 6.39. The molecule has 1 aliphatic rings. The zero-order valence-corrected chi connectivity index (χ0v) is 8.44. The highest BCUT2D eigenvalue weighted by Gasteiger charge is 2.26. The largest absolute Gasteiger partial charge is 0.286 e. The van der Waals surface area contributed by atoms with Crippen molar-refractivity contribution in [3.05, 3.63) is 0 Å². The van der Waals surface area contributed by atoms with Crippen LogP contribution in [0.5, 0.6) is 0 Å². The fourth-order valence-corrected chi connectivity index (χ4v) is 3.04. The van der Waals surface area contributed by atoms with E-state index in [1.165, 1.54) is 19.3 Å². The molecule has 0 aromatic carbocycles. The third-order valence-electron chi connectivity index (χ3n) is 2.26. The summed E-state index contributed by atoms with van der Waals surface area (Å²) in [7, 11) is -2.38. The summed E-state index contributed by atoms with van der Waals surface area (Å²) in [6.45, 7) is 2.18. The quantitative estimate of drug-likeness (QED) is 0.601. The molecule has 0 aromatic heterocycles. The molecule has 1 unspecified atom stereocenters. The average molecular weight is 193 g/mol. The van der Waals surface area contributed by atoms with Crippen molar-refractivity contribution in [2.45, 2.75) is 45.1 Å². The molecule has 1 rings (SSSR count). The minimum Gasteiger partial charge on any atom is -0.286 e. The molecular weight excluding hydrogens is 174 g/mol. The first-order valence-electron chi connectivity index (χ1n) is 4.67. The Kier molecular flexibility index (Phi) is 3.83. The maximum atomic E-state index is 9.25. The second-order valence-electron chi connectivity index (χ2n) is 3.47. The van der Waals surface area contributed by atoms with Gasteiger partial charge in [0.1, 0.15) is 0 Å². The standard InChI is InChI=1S/C8H19NO2S/c1-2-3-4-5-8-6-7-12(10,11)9-8/h8-11H,2-7H2,1H3. The topological polar surface area (TPSA) is 52.5 Å². The molecule has 3 nitrogen and oxygen atoms in total. The van der Waals surface area contributed by atoms with Gasteiger partial charge in [0, 0.05) is 6.04 Å². The van der Waals surface area contributed by atoms with Crippen molar-refractivity contribution < 1.29 is 9.11 Å². The molecule has 0 amide bonds. The molecule has 0 saturated carbocycles. The summed E-state index contributed by atoms with van der Waals surface area (Å²) in [6, 6.07) is 0.349. The second kappa shape index (κ2) is 4.46. The van der Waals surface area contributed by atoms with Crippen LogP contribution in [0, 0.1) is 0 Å². The third-order valence-corrected chi connectivity index (χ3v) is 3.78. The number of hydrogen-bond acceptors (Lipinski definition) is 3. The number of nitrogens with one attached hydrogen (secondary N) is 1. The lowest BCUT2D eigenvalue weighted by Gasteiger charge is -2.27. The van der Waals surface area contributed by atoms with Crippen LogP contribution in [0.2, 0.25) is 0 Å². The number of hydrogen-bond donors (Lipinski definition) is 3. The molecule has 1 fully saturated rings. The predicted octanol–water partition coefficient (Wildman–Crippen LogP) is 2.59. The van der Waals surface area contributed by atoms with E-state index in [-0.39, 0.29) is 0 Å². The zero-order chi connectivity index (χ0) is 9.03. The van der Waals surface area contributed by atoms with Crippen LogP contribution in [-0.2, 0) is 0 Å². The van der Waals surface area contributed by atoms with Crippen molar-refractivity contribution >= 4 is 10.8 Å². The van der Waals surface area contributed by atoms with Gasteiger partial charge in [-0.05, 0) is 12.8 Å². The maximum Gasteiger partial charge on any atom is 0.0543 e. The van der Waals surface area contributed by atoms with Crippen molar-refractivity contribution in [2.24, 2.45) is 0 Å². The van der Waals surface area contributed by atoms with Crippen LogP contribution in [-0.4, -0.2) is 20.9 Å². The van der Waals surface area contributed by atoms with E-state index < -0.39 is 10.8 Å². The van der Waals surface area contributed by atoms with E-state index in [0.29, 0.717) is 11.8 Å². The van der Waals surface area contributed by atoms with Crippen molar-refractivity contribution in [3.63, 3.8) is 0 Å². The molecule has 1 aliphatic heterocycles. The van der Waals surface area contributed by atoms with Gasteiger partial charge in [-0.15, -0.1) is 10.8 Å². The molecule has 1 atom stereocenters. The third kappa shape index (κ3) is 3.31. The van der Waals surface area contributed by atoms with Gasteiger partial charge in [-0.1, -0.05) is 26.2 Å². The lowest BCUT2D eigenvalue weighted by Crippen LogP contribution is -2.22. The Morgan fingerprint density at radius 3 is 2.67 bits per heavy atom. The summed E-state index contributed by atoms with van der Waals surface area (Å²) in [5.74, 6) is 0.545. The van der Waals surface area contributed by atoms with Crippen LogP contribution in [0.1, 0.15) is 39.0 Å². The van der Waals surface area contributed by atoms with Crippen molar-refractivity contribution in [1.82, 2.24) is 4.72 Å². The van der Waals surface area contributed by atoms with E-state index in [2.05, 4.69) is 11.6 Å². The lowest BCUT2D eigenvalue weighted by atomic mass is 10.1. The Morgan fingerprint density at radius 2 is 2.17 bits per heavy atom. The van der Waals surface area contributed by atoms with Gasteiger partial charge in [0.15, 0.2) is 0 Å². The minimum absolute atomic E-state index is 0.349. The van der Waals surface area contributed by atoms with Crippen LogP contribution >= 0.6 is 10.8 Å². The molecule has 0 aliphatic carbocycles. The highest BCUT2D eigenvalue weighted by Crippen LogP contribution is 2.41. The van der Waals surface area contributed by atoms with Crippen LogP contribution in [0.15, 0.2) is 0 Å². The molecule has 4 heteroatoms. The highest BCUT2D eigenvalue weighted by molar-refractivity contribution is 8.22. The van der Waals surface area contributed by atoms with Gasteiger partial charge in [0.05, 0.1) is 5.75 Å². The van der Waals surface area contributed by atoms with Gasteiger partial charge in [0.2, 0.25) is 0 Å². The smallest absolute Gasteiger partial charge is 0.0543 e. The zero-order valence-electron chi connectivity index (χ0n) is 7.62. The van der Waals surface area contributed by atoms with Gasteiger partial charge >= 0.3 is 0 Å². The van der Waals surface area contributed by atoms with Gasteiger partial charge in [-0.2, -0.15) is 0 Å². The van der Waals surface area contributed by atoms with E-state index in [1.807, 2.05) is 0 Å². The molecule has 0 aromatic rings. The van der Waals surface area contributed by atoms with Crippen molar-refractivity contribution in [2.75, 3.05) is 5.75 Å². The summed E-state index contributed by atoms with van der Waals surface area (Å²) in [6.07, 6.45) is 5.68. The summed E-state index contributed by atoms with van der Waals surface area (Å²) < 4.78 is 21.4. The van der Waals surface area contributed by atoms with E-state index >= 15 is 0 Å². The lowest BCUT2D eigenvalue weighted by molar-refractivity contribution is 0.469. The fourth-order valence-electron chi connectivity index (χ4n) is 1.54. The SMILES string of the molecule is CCCCCC1CCS(O)(O)N1. The fraction of sp³-hybridized carbons (Fsp3) is 1.00. The Balaban J connectivity index is 2.11. The monoisotopic (exact) mass is 193 g/mol. The molecule has 0 bridgehead atoms. The first kappa shape index (κ1) is 10.3. The van der Waals surface area contributed by atoms with Crippen LogP contribution in [0.25, 0.3) is 0 Å². The Bertz CT molecular complexity index is 141. The van der Waals surface area contributed by atoms with E-state index in [9.17, 15) is 9.11 Å². The van der Waals surface area contributed by atoms with Gasteiger partial charge in [-0.25, -0.2) is 4.72 Å². The summed E-state index contributed by atoms with van der Waals surface area (Å²) in [4.78, 5) is 0. The second-order valence-corrected chi connectivity index (χ2v) is 5.45. The average Bonchev–Trinajstić information content (AvgIpc) is 2.31. The van der Waals surface area contributed by atoms with Gasteiger partial charge in [0.25, 0.3) is 0 Å². The molecule has 12 heavy (non-hydrogen) atoms. The van der Waals surface area contributed by atoms with E-state index in [0.717, 1.165) is 12.8 Å². The van der Waals surface area contributed by atoms with E-state index in [4.69, 9.17) is 0 Å². The molecule has 0 radical (unpaired) electrons. The Labute approximate surface area is 76.0 Å². The Hall–Kier alpha value is 0.230. The molecule has 1 heterocycles. The molecule has 1 saturated heterocycles. The summed E-state index contributed by atoms with van der Waals surface area (Å²) in [5, 5.41) is 0. The minimum atomic E-state index is -2.38.